The summed E-state index contributed by atoms with van der Waals surface area (Å²) < 4.78 is 0. The Kier molecular flexibility index (Phi) is 4.14. The van der Waals surface area contributed by atoms with Crippen molar-refractivity contribution < 1.29 is 0 Å². The Balaban J connectivity index is 1.67. The fourth-order valence-corrected chi connectivity index (χ4v) is 2.04. The molecule has 94 valence electrons. The van der Waals surface area contributed by atoms with Crippen LogP contribution >= 0.6 is 0 Å². The lowest BCUT2D eigenvalue weighted by Crippen LogP contribution is -2.36. The molecule has 0 aromatic carbocycles. The summed E-state index contributed by atoms with van der Waals surface area (Å²) in [7, 11) is 0. The van der Waals surface area contributed by atoms with Gasteiger partial charge in [0.15, 0.2) is 0 Å². The van der Waals surface area contributed by atoms with Gasteiger partial charge in [-0.1, -0.05) is 6.92 Å². The highest BCUT2D eigenvalue weighted by atomic mass is 15.2. The average molecular weight is 235 g/mol. The van der Waals surface area contributed by atoms with Gasteiger partial charge in [0.2, 0.25) is 5.95 Å². The first-order valence-corrected chi connectivity index (χ1v) is 6.28. The molecule has 1 aliphatic heterocycles. The molecule has 1 aromatic heterocycles. The molecule has 1 saturated heterocycles. The van der Waals surface area contributed by atoms with Crippen molar-refractivity contribution in [1.82, 2.24) is 14.9 Å². The molecule has 17 heavy (non-hydrogen) atoms. The number of nitrogens with zero attached hydrogens (tertiary/aromatic N) is 3. The second-order valence-electron chi connectivity index (χ2n) is 4.79. The number of hydrogen-bond donors (Lipinski definition) is 2. The maximum atomic E-state index is 5.52. The van der Waals surface area contributed by atoms with E-state index in [0.717, 1.165) is 19.0 Å². The van der Waals surface area contributed by atoms with E-state index in [1.807, 2.05) is 0 Å². The van der Waals surface area contributed by atoms with Crippen LogP contribution in [0, 0.1) is 5.92 Å². The molecule has 0 spiro atoms. The second-order valence-corrected chi connectivity index (χ2v) is 4.79. The van der Waals surface area contributed by atoms with Crippen LogP contribution in [0.25, 0.3) is 0 Å². The lowest BCUT2D eigenvalue weighted by molar-refractivity contribution is 0.199. The predicted molar refractivity (Wildman–Crippen MR) is 69.8 cm³/mol. The molecule has 5 heteroatoms. The molecular weight excluding hydrogens is 214 g/mol. The zero-order chi connectivity index (χ0) is 12.1. The van der Waals surface area contributed by atoms with Gasteiger partial charge >= 0.3 is 0 Å². The number of likely N-dealkylation sites (tertiary alicyclic amines) is 1. The Morgan fingerprint density at radius 3 is 2.65 bits per heavy atom. The van der Waals surface area contributed by atoms with E-state index in [4.69, 9.17) is 5.73 Å². The van der Waals surface area contributed by atoms with Crippen molar-refractivity contribution >= 4 is 11.6 Å². The molecule has 3 N–H and O–H groups in total. The summed E-state index contributed by atoms with van der Waals surface area (Å²) in [6.45, 7) is 6.70. The van der Waals surface area contributed by atoms with Gasteiger partial charge in [0.25, 0.3) is 0 Å². The third-order valence-corrected chi connectivity index (χ3v) is 3.26. The van der Waals surface area contributed by atoms with Crippen LogP contribution in [0.4, 0.5) is 11.6 Å². The first kappa shape index (κ1) is 12.1. The number of hydrogen-bond acceptors (Lipinski definition) is 5. The fourth-order valence-electron chi connectivity index (χ4n) is 2.04. The summed E-state index contributed by atoms with van der Waals surface area (Å²) in [5.74, 6) is 1.55. The van der Waals surface area contributed by atoms with Crippen molar-refractivity contribution in [2.24, 2.45) is 5.92 Å². The molecule has 1 aromatic rings. The SMILES string of the molecule is CC1CCN(CCNc2ncc(N)cn2)CC1. The van der Waals surface area contributed by atoms with Crippen molar-refractivity contribution in [3.05, 3.63) is 12.4 Å². The van der Waals surface area contributed by atoms with Gasteiger partial charge in [0.1, 0.15) is 0 Å². The van der Waals surface area contributed by atoms with Gasteiger partial charge < -0.3 is 16.0 Å². The molecule has 0 atom stereocenters. The molecule has 0 bridgehead atoms. The number of nitrogen functional groups attached to an aromatic ring is 1. The lowest BCUT2D eigenvalue weighted by atomic mass is 9.99. The first-order valence-electron chi connectivity index (χ1n) is 6.28. The minimum absolute atomic E-state index is 0.598. The Hall–Kier alpha value is -1.36. The summed E-state index contributed by atoms with van der Waals surface area (Å²) in [5.41, 5.74) is 6.12. The lowest BCUT2D eigenvalue weighted by Gasteiger charge is -2.30. The summed E-state index contributed by atoms with van der Waals surface area (Å²) >= 11 is 0. The third kappa shape index (κ3) is 3.85. The normalized spacial score (nSPS) is 18.2. The van der Waals surface area contributed by atoms with Crippen LogP contribution in [-0.2, 0) is 0 Å². The van der Waals surface area contributed by atoms with E-state index in [-0.39, 0.29) is 0 Å². The highest BCUT2D eigenvalue weighted by molar-refractivity contribution is 5.35. The molecule has 5 nitrogen and oxygen atoms in total. The van der Waals surface area contributed by atoms with E-state index in [1.165, 1.54) is 25.9 Å². The number of piperidine rings is 1. The Morgan fingerprint density at radius 1 is 1.35 bits per heavy atom. The minimum atomic E-state index is 0.598. The van der Waals surface area contributed by atoms with E-state index in [0.29, 0.717) is 11.6 Å². The minimum Gasteiger partial charge on any atom is -0.396 e. The summed E-state index contributed by atoms with van der Waals surface area (Å²) in [6.07, 6.45) is 5.88. The Labute approximate surface area is 102 Å². The summed E-state index contributed by atoms with van der Waals surface area (Å²) in [4.78, 5) is 10.7. The predicted octanol–water partition coefficient (Wildman–Crippen LogP) is 1.20. The number of nitrogens with two attached hydrogens (primary N) is 1. The fraction of sp³-hybridized carbons (Fsp3) is 0.667. The zero-order valence-corrected chi connectivity index (χ0v) is 10.4. The molecule has 0 radical (unpaired) electrons. The molecular formula is C12H21N5. The number of nitrogens with one attached hydrogen (secondary N) is 1. The van der Waals surface area contributed by atoms with Crippen LogP contribution in [-0.4, -0.2) is 41.0 Å². The summed E-state index contributed by atoms with van der Waals surface area (Å²) in [5, 5.41) is 3.21. The van der Waals surface area contributed by atoms with Crippen molar-refractivity contribution in [2.45, 2.75) is 19.8 Å². The largest absolute Gasteiger partial charge is 0.396 e. The average Bonchev–Trinajstić information content (AvgIpc) is 2.34. The Bertz CT molecular complexity index is 329. The Morgan fingerprint density at radius 2 is 2.00 bits per heavy atom. The topological polar surface area (TPSA) is 67.1 Å². The van der Waals surface area contributed by atoms with E-state index in [9.17, 15) is 0 Å². The van der Waals surface area contributed by atoms with Crippen LogP contribution in [0.3, 0.4) is 0 Å². The smallest absolute Gasteiger partial charge is 0.222 e. The molecule has 2 rings (SSSR count). The molecule has 0 amide bonds. The maximum absolute atomic E-state index is 5.52. The quantitative estimate of drug-likeness (QED) is 0.821. The highest BCUT2D eigenvalue weighted by Crippen LogP contribution is 2.15. The van der Waals surface area contributed by atoms with Gasteiger partial charge in [-0.25, -0.2) is 9.97 Å². The molecule has 1 fully saturated rings. The molecule has 1 aliphatic rings. The second kappa shape index (κ2) is 5.82. The van der Waals surface area contributed by atoms with Crippen molar-refractivity contribution in [2.75, 3.05) is 37.2 Å². The molecule has 0 saturated carbocycles. The number of aromatic nitrogens is 2. The number of rotatable bonds is 4. The van der Waals surface area contributed by atoms with Gasteiger partial charge in [0, 0.05) is 13.1 Å². The van der Waals surface area contributed by atoms with Crippen molar-refractivity contribution in [3.8, 4) is 0 Å². The van der Waals surface area contributed by atoms with E-state index >= 15 is 0 Å². The van der Waals surface area contributed by atoms with Gasteiger partial charge in [0.05, 0.1) is 18.1 Å². The van der Waals surface area contributed by atoms with Crippen LogP contribution < -0.4 is 11.1 Å². The highest BCUT2D eigenvalue weighted by Gasteiger charge is 2.14. The van der Waals surface area contributed by atoms with Crippen LogP contribution in [0.15, 0.2) is 12.4 Å². The van der Waals surface area contributed by atoms with E-state index in [1.54, 1.807) is 12.4 Å². The molecule has 0 unspecified atom stereocenters. The van der Waals surface area contributed by atoms with E-state index in [2.05, 4.69) is 27.1 Å². The molecule has 0 aliphatic carbocycles. The third-order valence-electron chi connectivity index (χ3n) is 3.26. The monoisotopic (exact) mass is 235 g/mol. The van der Waals surface area contributed by atoms with Crippen LogP contribution in [0.2, 0.25) is 0 Å². The molecule has 2 heterocycles. The number of anilines is 2. The van der Waals surface area contributed by atoms with Crippen molar-refractivity contribution in [1.29, 1.82) is 0 Å². The summed E-state index contributed by atoms with van der Waals surface area (Å²) in [6, 6.07) is 0. The van der Waals surface area contributed by atoms with E-state index < -0.39 is 0 Å². The van der Waals surface area contributed by atoms with Crippen LogP contribution in [0.1, 0.15) is 19.8 Å². The van der Waals surface area contributed by atoms with Gasteiger partial charge in [-0.05, 0) is 31.8 Å². The van der Waals surface area contributed by atoms with Crippen LogP contribution in [0.5, 0.6) is 0 Å². The zero-order valence-electron chi connectivity index (χ0n) is 10.4. The van der Waals surface area contributed by atoms with Gasteiger partial charge in [-0.2, -0.15) is 0 Å². The van der Waals surface area contributed by atoms with Gasteiger partial charge in [-0.3, -0.25) is 0 Å². The maximum Gasteiger partial charge on any atom is 0.222 e. The first-order chi connectivity index (χ1) is 8.24. The van der Waals surface area contributed by atoms with Gasteiger partial charge in [-0.15, -0.1) is 0 Å². The van der Waals surface area contributed by atoms with Crippen molar-refractivity contribution in [3.63, 3.8) is 0 Å². The standard InChI is InChI=1S/C12H21N5/c1-10-2-5-17(6-3-10)7-4-14-12-15-8-11(13)9-16-12/h8-10H,2-7,13H2,1H3,(H,14,15,16).